The first-order chi connectivity index (χ1) is 12.8. The highest BCUT2D eigenvalue weighted by atomic mass is 35.5. The normalized spacial score (nSPS) is 11.0. The molecule has 0 aliphatic rings. The van der Waals surface area contributed by atoms with E-state index in [1.54, 1.807) is 10.7 Å². The molecule has 0 aliphatic heterocycles. The maximum Gasteiger partial charge on any atom is 0.177 e. The molecule has 1 N–H and O–H groups in total. The number of anilines is 1. The Labute approximate surface area is 155 Å². The molecule has 3 aromatic heterocycles. The first-order valence-corrected chi connectivity index (χ1v) is 8.65. The summed E-state index contributed by atoms with van der Waals surface area (Å²) in [4.78, 5) is 9.11. The van der Waals surface area contributed by atoms with E-state index in [2.05, 4.69) is 30.6 Å². The van der Waals surface area contributed by atoms with Crippen LogP contribution in [0.25, 0.3) is 17.0 Å². The molecule has 8 heteroatoms. The standard InChI is InChI=1S/C18H16ClN7/c1-2-13-16(19)22-17(12-7-4-3-5-8-12)23-18(13)20-11-15-25-24-14-9-6-10-21-26(14)15/h3-10H,2,11H2,1H3,(H,20,22,23). The van der Waals surface area contributed by atoms with Gasteiger partial charge < -0.3 is 5.32 Å². The van der Waals surface area contributed by atoms with E-state index in [0.717, 1.165) is 17.5 Å². The maximum absolute atomic E-state index is 6.40. The molecule has 0 fully saturated rings. The molecule has 0 saturated heterocycles. The molecular formula is C18H16ClN7. The van der Waals surface area contributed by atoms with Gasteiger partial charge in [-0.05, 0) is 18.6 Å². The van der Waals surface area contributed by atoms with Crippen LogP contribution in [-0.4, -0.2) is 29.8 Å². The van der Waals surface area contributed by atoms with Crippen molar-refractivity contribution in [1.82, 2.24) is 29.8 Å². The zero-order chi connectivity index (χ0) is 17.9. The number of halogens is 1. The number of benzene rings is 1. The molecule has 0 amide bonds. The SMILES string of the molecule is CCc1c(Cl)nc(-c2ccccc2)nc1NCc1nnc2cccnn12. The highest BCUT2D eigenvalue weighted by molar-refractivity contribution is 6.30. The topological polar surface area (TPSA) is 80.9 Å². The summed E-state index contributed by atoms with van der Waals surface area (Å²) in [5, 5.41) is 16.3. The Hall–Kier alpha value is -3.06. The van der Waals surface area contributed by atoms with Gasteiger partial charge in [0.2, 0.25) is 0 Å². The van der Waals surface area contributed by atoms with Crippen molar-refractivity contribution in [3.8, 4) is 11.4 Å². The van der Waals surface area contributed by atoms with E-state index in [9.17, 15) is 0 Å². The van der Waals surface area contributed by atoms with Gasteiger partial charge in [-0.25, -0.2) is 9.97 Å². The summed E-state index contributed by atoms with van der Waals surface area (Å²) in [6, 6.07) is 13.4. The van der Waals surface area contributed by atoms with Gasteiger partial charge in [-0.15, -0.1) is 10.2 Å². The van der Waals surface area contributed by atoms with Gasteiger partial charge in [0.25, 0.3) is 0 Å². The fourth-order valence-corrected chi connectivity index (χ4v) is 3.00. The van der Waals surface area contributed by atoms with Crippen molar-refractivity contribution < 1.29 is 0 Å². The van der Waals surface area contributed by atoms with E-state index in [4.69, 9.17) is 11.6 Å². The van der Waals surface area contributed by atoms with Gasteiger partial charge in [0.1, 0.15) is 11.0 Å². The van der Waals surface area contributed by atoms with E-state index in [0.29, 0.717) is 34.8 Å². The van der Waals surface area contributed by atoms with Crippen LogP contribution < -0.4 is 5.32 Å². The number of fused-ring (bicyclic) bond motifs is 1. The number of nitrogens with one attached hydrogen (secondary N) is 1. The van der Waals surface area contributed by atoms with E-state index in [-0.39, 0.29) is 0 Å². The third kappa shape index (κ3) is 3.09. The lowest BCUT2D eigenvalue weighted by Crippen LogP contribution is -2.10. The van der Waals surface area contributed by atoms with Crippen LogP contribution in [0.5, 0.6) is 0 Å². The Kier molecular flexibility index (Phi) is 4.45. The predicted molar refractivity (Wildman–Crippen MR) is 100.0 cm³/mol. The van der Waals surface area contributed by atoms with Crippen LogP contribution in [0.4, 0.5) is 5.82 Å². The zero-order valence-electron chi connectivity index (χ0n) is 14.1. The summed E-state index contributed by atoms with van der Waals surface area (Å²) in [5.41, 5.74) is 2.48. The summed E-state index contributed by atoms with van der Waals surface area (Å²) in [6.45, 7) is 2.44. The second kappa shape index (κ2) is 7.05. The van der Waals surface area contributed by atoms with Crippen LogP contribution in [0.1, 0.15) is 18.3 Å². The van der Waals surface area contributed by atoms with Crippen molar-refractivity contribution >= 4 is 23.1 Å². The lowest BCUT2D eigenvalue weighted by molar-refractivity contribution is 0.824. The molecule has 0 aliphatic carbocycles. The molecule has 0 radical (unpaired) electrons. The largest absolute Gasteiger partial charge is 0.362 e. The Morgan fingerprint density at radius 2 is 1.88 bits per heavy atom. The van der Waals surface area contributed by atoms with E-state index >= 15 is 0 Å². The number of hydrogen-bond acceptors (Lipinski definition) is 6. The monoisotopic (exact) mass is 365 g/mol. The minimum Gasteiger partial charge on any atom is -0.362 e. The quantitative estimate of drug-likeness (QED) is 0.546. The lowest BCUT2D eigenvalue weighted by atomic mass is 10.2. The van der Waals surface area contributed by atoms with Crippen molar-refractivity contribution in [1.29, 1.82) is 0 Å². The van der Waals surface area contributed by atoms with Crippen LogP contribution >= 0.6 is 11.6 Å². The second-order valence-electron chi connectivity index (χ2n) is 5.65. The molecule has 0 unspecified atom stereocenters. The van der Waals surface area contributed by atoms with Crippen molar-refractivity contribution in [2.24, 2.45) is 0 Å². The van der Waals surface area contributed by atoms with Gasteiger partial charge in [-0.2, -0.15) is 9.61 Å². The summed E-state index contributed by atoms with van der Waals surface area (Å²) < 4.78 is 1.69. The van der Waals surface area contributed by atoms with Crippen molar-refractivity contribution in [2.45, 2.75) is 19.9 Å². The van der Waals surface area contributed by atoms with E-state index in [1.165, 1.54) is 0 Å². The van der Waals surface area contributed by atoms with Crippen molar-refractivity contribution in [2.75, 3.05) is 5.32 Å². The maximum atomic E-state index is 6.40. The van der Waals surface area contributed by atoms with Crippen LogP contribution in [0.15, 0.2) is 48.7 Å². The van der Waals surface area contributed by atoms with Crippen LogP contribution in [0.2, 0.25) is 5.15 Å². The molecule has 4 rings (SSSR count). The summed E-state index contributed by atoms with van der Waals surface area (Å²) in [6.07, 6.45) is 2.42. The van der Waals surface area contributed by atoms with Gasteiger partial charge in [0.05, 0.1) is 6.54 Å². The van der Waals surface area contributed by atoms with E-state index in [1.807, 2.05) is 49.4 Å². The summed E-state index contributed by atoms with van der Waals surface area (Å²) in [5.74, 6) is 1.97. The number of hydrogen-bond donors (Lipinski definition) is 1. The highest BCUT2D eigenvalue weighted by Gasteiger charge is 2.14. The van der Waals surface area contributed by atoms with Gasteiger partial charge in [-0.1, -0.05) is 48.9 Å². The first kappa shape index (κ1) is 16.4. The average Bonchev–Trinajstić information content (AvgIpc) is 3.10. The fraction of sp³-hybridized carbons (Fsp3) is 0.167. The Balaban J connectivity index is 1.67. The number of nitrogens with zero attached hydrogens (tertiary/aromatic N) is 6. The van der Waals surface area contributed by atoms with Crippen LogP contribution in [0, 0.1) is 0 Å². The fourth-order valence-electron chi connectivity index (χ4n) is 2.70. The van der Waals surface area contributed by atoms with Gasteiger partial charge in [-0.3, -0.25) is 0 Å². The molecule has 0 atom stereocenters. The number of aromatic nitrogens is 6. The van der Waals surface area contributed by atoms with Gasteiger partial charge in [0.15, 0.2) is 17.3 Å². The molecule has 7 nitrogen and oxygen atoms in total. The number of rotatable bonds is 5. The second-order valence-corrected chi connectivity index (χ2v) is 6.01. The summed E-state index contributed by atoms with van der Waals surface area (Å²) in [7, 11) is 0. The molecule has 3 heterocycles. The minimum atomic E-state index is 0.423. The smallest absolute Gasteiger partial charge is 0.177 e. The molecule has 1 aromatic carbocycles. The third-order valence-electron chi connectivity index (χ3n) is 4.00. The van der Waals surface area contributed by atoms with Crippen LogP contribution in [0.3, 0.4) is 0 Å². The highest BCUT2D eigenvalue weighted by Crippen LogP contribution is 2.26. The van der Waals surface area contributed by atoms with Gasteiger partial charge in [0, 0.05) is 17.3 Å². The Morgan fingerprint density at radius 3 is 2.69 bits per heavy atom. The minimum absolute atomic E-state index is 0.423. The molecular weight excluding hydrogens is 350 g/mol. The van der Waals surface area contributed by atoms with Crippen molar-refractivity contribution in [3.63, 3.8) is 0 Å². The molecule has 26 heavy (non-hydrogen) atoms. The Bertz CT molecular complexity index is 1050. The first-order valence-electron chi connectivity index (χ1n) is 8.27. The van der Waals surface area contributed by atoms with Crippen molar-refractivity contribution in [3.05, 3.63) is 65.2 Å². The van der Waals surface area contributed by atoms with E-state index < -0.39 is 0 Å². The Morgan fingerprint density at radius 1 is 1.04 bits per heavy atom. The molecule has 0 saturated carbocycles. The molecule has 0 spiro atoms. The molecule has 4 aromatic rings. The predicted octanol–water partition coefficient (Wildman–Crippen LogP) is 3.41. The summed E-state index contributed by atoms with van der Waals surface area (Å²) >= 11 is 6.40. The average molecular weight is 366 g/mol. The van der Waals surface area contributed by atoms with Crippen LogP contribution in [-0.2, 0) is 13.0 Å². The lowest BCUT2D eigenvalue weighted by Gasteiger charge is -2.12. The molecule has 0 bridgehead atoms. The third-order valence-corrected chi connectivity index (χ3v) is 4.31. The van der Waals surface area contributed by atoms with Gasteiger partial charge >= 0.3 is 0 Å². The zero-order valence-corrected chi connectivity index (χ0v) is 14.9. The molecule has 130 valence electrons.